The van der Waals surface area contributed by atoms with Gasteiger partial charge in [-0.15, -0.1) is 0 Å². The van der Waals surface area contributed by atoms with E-state index >= 15 is 0 Å². The molecule has 1 aromatic heterocycles. The number of hydrogen-bond donors (Lipinski definition) is 1. The van der Waals surface area contributed by atoms with Crippen LogP contribution in [0.1, 0.15) is 10.4 Å². The van der Waals surface area contributed by atoms with Crippen molar-refractivity contribution >= 4 is 32.5 Å². The van der Waals surface area contributed by atoms with Crippen LogP contribution in [-0.4, -0.2) is 44.8 Å². The molecule has 0 aliphatic carbocycles. The molecule has 0 fully saturated rings. The van der Waals surface area contributed by atoms with Gasteiger partial charge in [0.15, 0.2) is 0 Å². The first kappa shape index (κ1) is 18.8. The Kier molecular flexibility index (Phi) is 5.11. The van der Waals surface area contributed by atoms with Gasteiger partial charge in [0, 0.05) is 25.0 Å². The first-order chi connectivity index (χ1) is 12.8. The first-order valence-corrected chi connectivity index (χ1v) is 9.53. The largest absolute Gasteiger partial charge is 0.495 e. The highest BCUT2D eigenvalue weighted by Crippen LogP contribution is 2.27. The number of methoxy groups -OCH3 is 1. The number of para-hydroxylation sites is 1. The maximum atomic E-state index is 12.6. The zero-order chi connectivity index (χ0) is 19.6. The molecule has 0 saturated carbocycles. The Morgan fingerprint density at radius 1 is 1.11 bits per heavy atom. The summed E-state index contributed by atoms with van der Waals surface area (Å²) in [6.07, 6.45) is 1.56. The molecular weight excluding hydrogens is 366 g/mol. The highest BCUT2D eigenvalue weighted by atomic mass is 32.2. The van der Waals surface area contributed by atoms with Crippen LogP contribution < -0.4 is 10.1 Å². The van der Waals surface area contributed by atoms with Crippen LogP contribution >= 0.6 is 0 Å². The van der Waals surface area contributed by atoms with E-state index in [1.165, 1.54) is 39.4 Å². The van der Waals surface area contributed by atoms with Gasteiger partial charge in [0.2, 0.25) is 10.0 Å². The van der Waals surface area contributed by atoms with Crippen LogP contribution in [0.15, 0.2) is 59.6 Å². The van der Waals surface area contributed by atoms with Crippen LogP contribution in [0.2, 0.25) is 0 Å². The van der Waals surface area contributed by atoms with Crippen molar-refractivity contribution in [1.29, 1.82) is 0 Å². The van der Waals surface area contributed by atoms with Crippen molar-refractivity contribution in [3.8, 4) is 5.75 Å². The molecule has 1 amide bonds. The Labute approximate surface area is 157 Å². The van der Waals surface area contributed by atoms with Crippen LogP contribution in [0, 0.1) is 0 Å². The van der Waals surface area contributed by atoms with E-state index in [0.29, 0.717) is 5.69 Å². The number of sulfonamides is 1. The van der Waals surface area contributed by atoms with Gasteiger partial charge < -0.3 is 10.1 Å². The molecule has 0 unspecified atom stereocenters. The molecule has 7 nitrogen and oxygen atoms in total. The monoisotopic (exact) mass is 385 g/mol. The Morgan fingerprint density at radius 3 is 2.56 bits per heavy atom. The number of nitrogens with zero attached hydrogens (tertiary/aromatic N) is 2. The number of aromatic nitrogens is 1. The van der Waals surface area contributed by atoms with Crippen LogP contribution in [0.5, 0.6) is 5.75 Å². The van der Waals surface area contributed by atoms with Gasteiger partial charge in [0.1, 0.15) is 10.6 Å². The normalized spacial score (nSPS) is 11.6. The summed E-state index contributed by atoms with van der Waals surface area (Å²) >= 11 is 0. The van der Waals surface area contributed by atoms with E-state index < -0.39 is 15.9 Å². The molecule has 3 aromatic rings. The van der Waals surface area contributed by atoms with Gasteiger partial charge in [-0.25, -0.2) is 12.7 Å². The number of pyridine rings is 1. The smallest absolute Gasteiger partial charge is 0.255 e. The van der Waals surface area contributed by atoms with Crippen LogP contribution in [0.4, 0.5) is 5.69 Å². The van der Waals surface area contributed by atoms with Crippen molar-refractivity contribution in [2.75, 3.05) is 26.5 Å². The predicted octanol–water partition coefficient (Wildman–Crippen LogP) is 2.75. The van der Waals surface area contributed by atoms with Crippen molar-refractivity contribution < 1.29 is 17.9 Å². The Balaban J connectivity index is 1.94. The minimum absolute atomic E-state index is 0.0701. The zero-order valence-electron chi connectivity index (χ0n) is 15.1. The number of anilines is 1. The number of fused-ring (bicyclic) bond motifs is 1. The third kappa shape index (κ3) is 3.76. The molecule has 0 saturated heterocycles. The SMILES string of the molecule is COc1ccc(C(=O)Nc2cnc3ccccc3c2)cc1S(=O)(=O)N(C)C. The summed E-state index contributed by atoms with van der Waals surface area (Å²) in [6.45, 7) is 0. The van der Waals surface area contributed by atoms with E-state index in [0.717, 1.165) is 15.2 Å². The van der Waals surface area contributed by atoms with Gasteiger partial charge in [-0.2, -0.15) is 0 Å². The zero-order valence-corrected chi connectivity index (χ0v) is 15.9. The standard InChI is InChI=1S/C19H19N3O4S/c1-22(2)27(24,25)18-11-14(8-9-17(18)26-3)19(23)21-15-10-13-6-4-5-7-16(13)20-12-15/h4-12H,1-3H3,(H,21,23). The van der Waals surface area contributed by atoms with Gasteiger partial charge in [-0.3, -0.25) is 9.78 Å². The highest BCUT2D eigenvalue weighted by molar-refractivity contribution is 7.89. The fourth-order valence-electron chi connectivity index (χ4n) is 2.56. The Bertz CT molecular complexity index is 1110. The third-order valence-corrected chi connectivity index (χ3v) is 5.87. The van der Waals surface area contributed by atoms with Gasteiger partial charge in [-0.1, -0.05) is 18.2 Å². The van der Waals surface area contributed by atoms with E-state index in [4.69, 9.17) is 4.74 Å². The number of ether oxygens (including phenoxy) is 1. The minimum atomic E-state index is -3.76. The lowest BCUT2D eigenvalue weighted by Gasteiger charge is -2.15. The molecule has 0 atom stereocenters. The molecule has 0 spiro atoms. The second kappa shape index (κ2) is 7.34. The quantitative estimate of drug-likeness (QED) is 0.730. The van der Waals surface area contributed by atoms with E-state index in [2.05, 4.69) is 10.3 Å². The number of benzene rings is 2. The molecular formula is C19H19N3O4S. The second-order valence-corrected chi connectivity index (χ2v) is 8.14. The van der Waals surface area contributed by atoms with E-state index in [9.17, 15) is 13.2 Å². The van der Waals surface area contributed by atoms with Crippen molar-refractivity contribution in [2.45, 2.75) is 4.90 Å². The average Bonchev–Trinajstić information content (AvgIpc) is 2.67. The Morgan fingerprint density at radius 2 is 1.85 bits per heavy atom. The summed E-state index contributed by atoms with van der Waals surface area (Å²) in [6, 6.07) is 13.6. The molecule has 0 aliphatic rings. The minimum Gasteiger partial charge on any atom is -0.495 e. The maximum Gasteiger partial charge on any atom is 0.255 e. The molecule has 8 heteroatoms. The molecule has 0 radical (unpaired) electrons. The Hall–Kier alpha value is -2.97. The lowest BCUT2D eigenvalue weighted by Crippen LogP contribution is -2.23. The second-order valence-electron chi connectivity index (χ2n) is 6.02. The molecule has 0 bridgehead atoms. The molecule has 1 heterocycles. The van der Waals surface area contributed by atoms with E-state index in [-0.39, 0.29) is 16.2 Å². The summed E-state index contributed by atoms with van der Waals surface area (Å²) in [5.41, 5.74) is 1.54. The number of carbonyl (C=O) groups is 1. The summed E-state index contributed by atoms with van der Waals surface area (Å²) in [4.78, 5) is 16.8. The van der Waals surface area contributed by atoms with Gasteiger partial charge >= 0.3 is 0 Å². The fourth-order valence-corrected chi connectivity index (χ4v) is 3.63. The van der Waals surface area contributed by atoms with Gasteiger partial charge in [-0.05, 0) is 30.3 Å². The van der Waals surface area contributed by atoms with Gasteiger partial charge in [0.25, 0.3) is 5.91 Å². The third-order valence-electron chi connectivity index (χ3n) is 4.03. The van der Waals surface area contributed by atoms with E-state index in [1.807, 2.05) is 24.3 Å². The fraction of sp³-hybridized carbons (Fsp3) is 0.158. The number of hydrogen-bond acceptors (Lipinski definition) is 5. The number of rotatable bonds is 5. The summed E-state index contributed by atoms with van der Waals surface area (Å²) < 4.78 is 31.2. The van der Waals surface area contributed by atoms with Crippen molar-refractivity contribution in [2.24, 2.45) is 0 Å². The molecule has 27 heavy (non-hydrogen) atoms. The van der Waals surface area contributed by atoms with Gasteiger partial charge in [0.05, 0.1) is 24.5 Å². The number of nitrogens with one attached hydrogen (secondary N) is 1. The lowest BCUT2D eigenvalue weighted by atomic mass is 10.2. The van der Waals surface area contributed by atoms with Crippen molar-refractivity contribution in [1.82, 2.24) is 9.29 Å². The maximum absolute atomic E-state index is 12.6. The van der Waals surface area contributed by atoms with Crippen molar-refractivity contribution in [3.63, 3.8) is 0 Å². The molecule has 140 valence electrons. The van der Waals surface area contributed by atoms with Crippen LogP contribution in [0.3, 0.4) is 0 Å². The molecule has 3 rings (SSSR count). The topological polar surface area (TPSA) is 88.6 Å². The summed E-state index contributed by atoms with van der Waals surface area (Å²) in [7, 11) is 0.456. The molecule has 2 aromatic carbocycles. The number of carbonyl (C=O) groups excluding carboxylic acids is 1. The lowest BCUT2D eigenvalue weighted by molar-refractivity contribution is 0.102. The van der Waals surface area contributed by atoms with Crippen LogP contribution in [-0.2, 0) is 10.0 Å². The average molecular weight is 385 g/mol. The molecule has 1 N–H and O–H groups in total. The predicted molar refractivity (Wildman–Crippen MR) is 104 cm³/mol. The molecule has 0 aliphatic heterocycles. The van der Waals surface area contributed by atoms with Crippen LogP contribution in [0.25, 0.3) is 10.9 Å². The first-order valence-electron chi connectivity index (χ1n) is 8.09. The number of amides is 1. The summed E-state index contributed by atoms with van der Waals surface area (Å²) in [5, 5.41) is 3.63. The highest BCUT2D eigenvalue weighted by Gasteiger charge is 2.24. The summed E-state index contributed by atoms with van der Waals surface area (Å²) in [5.74, 6) is -0.266. The van der Waals surface area contributed by atoms with E-state index in [1.54, 1.807) is 12.3 Å². The van der Waals surface area contributed by atoms with Crippen molar-refractivity contribution in [3.05, 3.63) is 60.3 Å².